The van der Waals surface area contributed by atoms with Crippen molar-refractivity contribution in [3.05, 3.63) is 125 Å². The summed E-state index contributed by atoms with van der Waals surface area (Å²) in [7, 11) is 0. The van der Waals surface area contributed by atoms with Gasteiger partial charge >= 0.3 is 12.0 Å². The smallest absolute Gasteiger partial charge is 0.330 e. The summed E-state index contributed by atoms with van der Waals surface area (Å²) >= 11 is 0. The lowest BCUT2D eigenvalue weighted by Crippen LogP contribution is -2.55. The van der Waals surface area contributed by atoms with E-state index >= 15 is 0 Å². The van der Waals surface area contributed by atoms with E-state index in [0.29, 0.717) is 33.9 Å². The second-order valence-corrected chi connectivity index (χ2v) is 11.0. The zero-order valence-electron chi connectivity index (χ0n) is 23.5. The number of hydrogen-bond donors (Lipinski definition) is 2. The van der Waals surface area contributed by atoms with E-state index in [2.05, 4.69) is 5.32 Å². The van der Waals surface area contributed by atoms with Crippen molar-refractivity contribution in [3.63, 3.8) is 0 Å². The first kappa shape index (κ1) is 28.0. The van der Waals surface area contributed by atoms with Crippen LogP contribution in [-0.4, -0.2) is 40.1 Å². The zero-order chi connectivity index (χ0) is 30.3. The van der Waals surface area contributed by atoms with Crippen molar-refractivity contribution in [1.29, 1.82) is 0 Å². The Morgan fingerprint density at radius 2 is 1.58 bits per heavy atom. The molecule has 2 aliphatic heterocycles. The second-order valence-electron chi connectivity index (χ2n) is 11.0. The highest BCUT2D eigenvalue weighted by atomic mass is 19.1. The fraction of sp³-hybridized carbons (Fsp3) is 0.206. The van der Waals surface area contributed by atoms with Gasteiger partial charge in [0.05, 0.1) is 12.0 Å². The van der Waals surface area contributed by atoms with E-state index in [9.17, 15) is 23.9 Å². The van der Waals surface area contributed by atoms with E-state index in [1.165, 1.54) is 36.1 Å². The maximum absolute atomic E-state index is 14.6. The molecule has 0 radical (unpaired) electrons. The molecule has 2 amide bonds. The van der Waals surface area contributed by atoms with E-state index < -0.39 is 41.2 Å². The van der Waals surface area contributed by atoms with Gasteiger partial charge in [-0.1, -0.05) is 60.2 Å². The Labute approximate surface area is 247 Å². The van der Waals surface area contributed by atoms with Crippen LogP contribution in [0.15, 0.2) is 97.1 Å². The second kappa shape index (κ2) is 10.9. The molecule has 0 spiro atoms. The predicted molar refractivity (Wildman–Crippen MR) is 157 cm³/mol. The number of nitrogens with one attached hydrogen (secondary N) is 1. The van der Waals surface area contributed by atoms with Crippen molar-refractivity contribution >= 4 is 23.5 Å². The summed E-state index contributed by atoms with van der Waals surface area (Å²) < 4.78 is 25.2. The number of hydrogen-bond acceptors (Lipinski definition) is 5. The summed E-state index contributed by atoms with van der Waals surface area (Å²) in [6, 6.07) is 24.5. The first-order chi connectivity index (χ1) is 20.7. The number of anilines is 1. The van der Waals surface area contributed by atoms with Crippen molar-refractivity contribution < 1.29 is 33.4 Å². The summed E-state index contributed by atoms with van der Waals surface area (Å²) in [6.07, 6.45) is 0. The summed E-state index contributed by atoms with van der Waals surface area (Å²) in [4.78, 5) is 43.5. The molecule has 8 nitrogen and oxygen atoms in total. The van der Waals surface area contributed by atoms with Crippen LogP contribution in [0.1, 0.15) is 45.9 Å². The van der Waals surface area contributed by atoms with Crippen LogP contribution in [0, 0.1) is 18.7 Å². The number of likely N-dealkylation sites (tertiary alicyclic amines) is 1. The van der Waals surface area contributed by atoms with Crippen LogP contribution in [0.2, 0.25) is 0 Å². The number of Topliss-reactive ketones (excluding diaryl/α,β-unsaturated/α-hetero) is 1. The number of nitrogens with zero attached hydrogens (tertiary/aromatic N) is 1. The fourth-order valence-electron chi connectivity index (χ4n) is 6.35. The molecule has 4 atom stereocenters. The number of carboxylic acid groups (broad SMARTS) is 1. The van der Waals surface area contributed by atoms with E-state index in [1.54, 1.807) is 66.7 Å². The Kier molecular flexibility index (Phi) is 7.09. The molecule has 6 rings (SSSR count). The van der Waals surface area contributed by atoms with Crippen LogP contribution in [0.4, 0.5) is 14.9 Å². The number of carbonyl (C=O) groups excluding carboxylic acids is 2. The number of carbonyl (C=O) groups is 3. The highest BCUT2D eigenvalue weighted by Crippen LogP contribution is 2.57. The number of halogens is 1. The average Bonchev–Trinajstić information content (AvgIpc) is 3.58. The van der Waals surface area contributed by atoms with Gasteiger partial charge in [-0.3, -0.25) is 9.69 Å². The van der Waals surface area contributed by atoms with Crippen LogP contribution < -0.4 is 14.8 Å². The van der Waals surface area contributed by atoms with E-state index in [1.807, 2.05) is 13.0 Å². The molecule has 0 aromatic heterocycles. The van der Waals surface area contributed by atoms with Gasteiger partial charge in [-0.15, -0.1) is 0 Å². The number of rotatable bonds is 6. The Bertz CT molecular complexity index is 1710. The van der Waals surface area contributed by atoms with Gasteiger partial charge < -0.3 is 19.9 Å². The Morgan fingerprint density at radius 3 is 2.28 bits per heavy atom. The van der Waals surface area contributed by atoms with Gasteiger partial charge in [-0.2, -0.15) is 0 Å². The first-order valence-electron chi connectivity index (χ1n) is 13.8. The minimum atomic E-state index is -1.94. The van der Waals surface area contributed by atoms with Gasteiger partial charge in [0.1, 0.15) is 11.4 Å². The largest absolute Gasteiger partial charge is 0.479 e. The molecule has 0 bridgehead atoms. The molecule has 43 heavy (non-hydrogen) atoms. The van der Waals surface area contributed by atoms with Gasteiger partial charge in [-0.05, 0) is 67.4 Å². The van der Waals surface area contributed by atoms with Crippen LogP contribution in [0.25, 0.3) is 0 Å². The quantitative estimate of drug-likeness (QED) is 0.250. The van der Waals surface area contributed by atoms with Gasteiger partial charge in [0.15, 0.2) is 17.3 Å². The third kappa shape index (κ3) is 4.86. The topological polar surface area (TPSA) is 105 Å². The van der Waals surface area contributed by atoms with E-state index in [0.717, 1.165) is 5.56 Å². The SMILES string of the molecule is Cc1cccc(C(=O)C2C(c3ccc4c(c3)OCO4)N(C(=O)Nc3ccccc3)C(C)(C(=O)O)C2c2ccc(F)cc2)c1. The maximum Gasteiger partial charge on any atom is 0.330 e. The molecule has 2 aliphatic rings. The van der Waals surface area contributed by atoms with Gasteiger partial charge in [0, 0.05) is 17.2 Å². The zero-order valence-corrected chi connectivity index (χ0v) is 23.5. The standard InChI is InChI=1S/C34H29FN2O6/c1-20-7-6-8-23(17-20)31(38)28-29(21-11-14-24(35)15-12-21)34(2,32(39)40)37(33(41)36-25-9-4-3-5-10-25)30(28)22-13-16-26-27(18-22)43-19-42-26/h3-18,28-30H,19H2,1-2H3,(H,36,41)(H,39,40). The lowest BCUT2D eigenvalue weighted by molar-refractivity contribution is -0.148. The Balaban J connectivity index is 1.61. The van der Waals surface area contributed by atoms with Gasteiger partial charge in [-0.25, -0.2) is 14.0 Å². The Hall–Kier alpha value is -5.18. The third-order valence-electron chi connectivity index (χ3n) is 8.33. The molecule has 9 heteroatoms. The molecule has 2 heterocycles. The molecule has 0 aliphatic carbocycles. The molecular formula is C34H29FN2O6. The highest BCUT2D eigenvalue weighted by Gasteiger charge is 2.65. The summed E-state index contributed by atoms with van der Waals surface area (Å²) in [5.41, 5.74) is 0.648. The molecule has 218 valence electrons. The number of ether oxygens (including phenoxy) is 2. The molecular weight excluding hydrogens is 551 g/mol. The van der Waals surface area contributed by atoms with Gasteiger partial charge in [0.2, 0.25) is 6.79 Å². The monoisotopic (exact) mass is 580 g/mol. The van der Waals surface area contributed by atoms with Crippen LogP contribution in [0.3, 0.4) is 0 Å². The molecule has 1 fully saturated rings. The van der Waals surface area contributed by atoms with E-state index in [-0.39, 0.29) is 12.6 Å². The number of fused-ring (bicyclic) bond motifs is 1. The summed E-state index contributed by atoms with van der Waals surface area (Å²) in [6.45, 7) is 3.31. The average molecular weight is 581 g/mol. The van der Waals surface area contributed by atoms with Crippen molar-refractivity contribution in [3.8, 4) is 11.5 Å². The lowest BCUT2D eigenvalue weighted by atomic mass is 9.71. The molecule has 1 saturated heterocycles. The van der Waals surface area contributed by atoms with Crippen molar-refractivity contribution in [2.75, 3.05) is 12.1 Å². The molecule has 4 unspecified atom stereocenters. The normalized spacial score (nSPS) is 22.3. The molecule has 2 N–H and O–H groups in total. The fourth-order valence-corrected chi connectivity index (χ4v) is 6.35. The molecule has 0 saturated carbocycles. The molecule has 4 aromatic carbocycles. The Morgan fingerprint density at radius 1 is 0.884 bits per heavy atom. The number of aryl methyl sites for hydroxylation is 1. The first-order valence-corrected chi connectivity index (χ1v) is 13.8. The van der Waals surface area contributed by atoms with Crippen LogP contribution >= 0.6 is 0 Å². The number of benzene rings is 4. The summed E-state index contributed by atoms with van der Waals surface area (Å²) in [5.74, 6) is -3.37. The molecule has 4 aromatic rings. The third-order valence-corrected chi connectivity index (χ3v) is 8.33. The predicted octanol–water partition coefficient (Wildman–Crippen LogP) is 6.58. The number of amides is 2. The minimum absolute atomic E-state index is 0.0123. The number of aliphatic carboxylic acids is 1. The summed E-state index contributed by atoms with van der Waals surface area (Å²) in [5, 5.41) is 13.8. The number of urea groups is 1. The lowest BCUT2D eigenvalue weighted by Gasteiger charge is -2.37. The van der Waals surface area contributed by atoms with Crippen LogP contribution in [0.5, 0.6) is 11.5 Å². The maximum atomic E-state index is 14.6. The van der Waals surface area contributed by atoms with Crippen molar-refractivity contribution in [2.24, 2.45) is 5.92 Å². The number of carboxylic acids is 1. The van der Waals surface area contributed by atoms with Crippen molar-refractivity contribution in [2.45, 2.75) is 31.3 Å². The van der Waals surface area contributed by atoms with Gasteiger partial charge in [0.25, 0.3) is 0 Å². The highest BCUT2D eigenvalue weighted by molar-refractivity contribution is 6.03. The van der Waals surface area contributed by atoms with Crippen LogP contribution in [-0.2, 0) is 4.79 Å². The number of para-hydroxylation sites is 1. The van der Waals surface area contributed by atoms with E-state index in [4.69, 9.17) is 9.47 Å². The minimum Gasteiger partial charge on any atom is -0.479 e. The number of ketones is 1. The van der Waals surface area contributed by atoms with Crippen molar-refractivity contribution in [1.82, 2.24) is 4.90 Å².